The molecule has 2 aromatic rings. The normalized spacial score (nSPS) is 16.9. The van der Waals surface area contributed by atoms with Crippen LogP contribution in [-0.2, 0) is 22.7 Å². The SMILES string of the molecule is O=C1NCCN(Cc2ccc(F)c(F)c2)C1CC(=O)N(CCO)Cc1ccccc1. The Hall–Kier alpha value is -2.84. The molecule has 0 radical (unpaired) electrons. The molecule has 0 aliphatic carbocycles. The molecule has 6 nitrogen and oxygen atoms in total. The van der Waals surface area contributed by atoms with Crippen molar-refractivity contribution in [1.29, 1.82) is 0 Å². The van der Waals surface area contributed by atoms with Crippen LogP contribution < -0.4 is 5.32 Å². The molecule has 1 saturated heterocycles. The van der Waals surface area contributed by atoms with E-state index in [1.807, 2.05) is 30.3 Å². The second kappa shape index (κ2) is 10.3. The van der Waals surface area contributed by atoms with E-state index in [1.54, 1.807) is 4.90 Å². The first-order valence-corrected chi connectivity index (χ1v) is 9.86. The number of nitrogens with one attached hydrogen (secondary N) is 1. The van der Waals surface area contributed by atoms with Gasteiger partial charge in [0.05, 0.1) is 19.1 Å². The zero-order valence-corrected chi connectivity index (χ0v) is 16.6. The lowest BCUT2D eigenvalue weighted by molar-refractivity contribution is -0.139. The number of hydrogen-bond donors (Lipinski definition) is 2. The Balaban J connectivity index is 1.71. The molecule has 1 heterocycles. The Morgan fingerprint density at radius 3 is 2.60 bits per heavy atom. The molecular formula is C22H25F2N3O3. The molecule has 1 aliphatic heterocycles. The third-order valence-electron chi connectivity index (χ3n) is 5.12. The molecule has 2 aromatic carbocycles. The summed E-state index contributed by atoms with van der Waals surface area (Å²) < 4.78 is 26.8. The number of benzene rings is 2. The fourth-order valence-electron chi connectivity index (χ4n) is 3.56. The molecule has 0 spiro atoms. The van der Waals surface area contributed by atoms with Gasteiger partial charge in [-0.05, 0) is 23.3 Å². The molecule has 3 rings (SSSR count). The second-order valence-electron chi connectivity index (χ2n) is 7.25. The fourth-order valence-corrected chi connectivity index (χ4v) is 3.56. The van der Waals surface area contributed by atoms with E-state index in [2.05, 4.69) is 5.32 Å². The minimum atomic E-state index is -0.946. The predicted octanol–water partition coefficient (Wildman–Crippen LogP) is 1.68. The molecule has 1 atom stereocenters. The Morgan fingerprint density at radius 2 is 1.90 bits per heavy atom. The van der Waals surface area contributed by atoms with Crippen LogP contribution in [0.5, 0.6) is 0 Å². The van der Waals surface area contributed by atoms with Crippen LogP contribution in [0.4, 0.5) is 8.78 Å². The average Bonchev–Trinajstić information content (AvgIpc) is 2.73. The summed E-state index contributed by atoms with van der Waals surface area (Å²) in [4.78, 5) is 28.7. The van der Waals surface area contributed by atoms with Gasteiger partial charge in [-0.15, -0.1) is 0 Å². The first-order chi connectivity index (χ1) is 14.5. The Labute approximate surface area is 174 Å². The van der Waals surface area contributed by atoms with Gasteiger partial charge in [0.2, 0.25) is 11.8 Å². The molecule has 0 bridgehead atoms. The lowest BCUT2D eigenvalue weighted by Crippen LogP contribution is -2.56. The standard InChI is InChI=1S/C22H25F2N3O3/c23-18-7-6-17(12-19(18)24)15-26-9-8-25-22(30)20(26)13-21(29)27(10-11-28)14-16-4-2-1-3-5-16/h1-7,12,20,28H,8-11,13-15H2,(H,25,30). The lowest BCUT2D eigenvalue weighted by Gasteiger charge is -2.35. The molecule has 1 unspecified atom stereocenters. The van der Waals surface area contributed by atoms with Crippen molar-refractivity contribution in [3.05, 3.63) is 71.3 Å². The largest absolute Gasteiger partial charge is 0.395 e. The highest BCUT2D eigenvalue weighted by molar-refractivity contribution is 5.88. The Bertz CT molecular complexity index is 879. The highest BCUT2D eigenvalue weighted by Gasteiger charge is 2.33. The van der Waals surface area contributed by atoms with Crippen LogP contribution in [0, 0.1) is 11.6 Å². The van der Waals surface area contributed by atoms with Crippen molar-refractivity contribution in [2.45, 2.75) is 25.6 Å². The van der Waals surface area contributed by atoms with Gasteiger partial charge in [0, 0.05) is 32.7 Å². The molecule has 160 valence electrons. The number of amides is 2. The van der Waals surface area contributed by atoms with Crippen molar-refractivity contribution in [2.75, 3.05) is 26.2 Å². The van der Waals surface area contributed by atoms with Gasteiger partial charge in [-0.2, -0.15) is 0 Å². The summed E-state index contributed by atoms with van der Waals surface area (Å²) >= 11 is 0. The van der Waals surface area contributed by atoms with Gasteiger partial charge in [-0.3, -0.25) is 14.5 Å². The zero-order valence-electron chi connectivity index (χ0n) is 16.6. The van der Waals surface area contributed by atoms with Gasteiger partial charge < -0.3 is 15.3 Å². The number of carbonyl (C=O) groups excluding carboxylic acids is 2. The van der Waals surface area contributed by atoms with E-state index in [0.717, 1.165) is 17.7 Å². The van der Waals surface area contributed by atoms with Gasteiger partial charge in [-0.25, -0.2) is 8.78 Å². The van der Waals surface area contributed by atoms with E-state index in [-0.39, 0.29) is 37.9 Å². The van der Waals surface area contributed by atoms with Crippen LogP contribution in [-0.4, -0.2) is 59.0 Å². The van der Waals surface area contributed by atoms with Crippen molar-refractivity contribution in [3.63, 3.8) is 0 Å². The molecular weight excluding hydrogens is 392 g/mol. The van der Waals surface area contributed by atoms with Crippen molar-refractivity contribution in [3.8, 4) is 0 Å². The molecule has 8 heteroatoms. The molecule has 2 N–H and O–H groups in total. The van der Waals surface area contributed by atoms with Crippen molar-refractivity contribution >= 4 is 11.8 Å². The summed E-state index contributed by atoms with van der Waals surface area (Å²) in [5, 5.41) is 12.1. The molecule has 1 aliphatic rings. The summed E-state index contributed by atoms with van der Waals surface area (Å²) in [6, 6.07) is 12.3. The summed E-state index contributed by atoms with van der Waals surface area (Å²) in [6.07, 6.45) is -0.0671. The minimum absolute atomic E-state index is 0.0671. The smallest absolute Gasteiger partial charge is 0.237 e. The molecule has 0 aromatic heterocycles. The molecule has 2 amide bonds. The zero-order chi connectivity index (χ0) is 21.5. The number of nitrogens with zero attached hydrogens (tertiary/aromatic N) is 2. The van der Waals surface area contributed by atoms with Crippen LogP contribution in [0.3, 0.4) is 0 Å². The van der Waals surface area contributed by atoms with Gasteiger partial charge in [0.1, 0.15) is 0 Å². The Kier molecular flexibility index (Phi) is 7.48. The van der Waals surface area contributed by atoms with Crippen molar-refractivity contribution in [2.24, 2.45) is 0 Å². The molecule has 30 heavy (non-hydrogen) atoms. The minimum Gasteiger partial charge on any atom is -0.395 e. The van der Waals surface area contributed by atoms with E-state index in [0.29, 0.717) is 25.2 Å². The van der Waals surface area contributed by atoms with E-state index < -0.39 is 17.7 Å². The number of hydrogen-bond acceptors (Lipinski definition) is 4. The number of rotatable bonds is 8. The van der Waals surface area contributed by atoms with Crippen LogP contribution in [0.15, 0.2) is 48.5 Å². The number of carbonyl (C=O) groups is 2. The van der Waals surface area contributed by atoms with Gasteiger partial charge in [0.25, 0.3) is 0 Å². The fraction of sp³-hybridized carbons (Fsp3) is 0.364. The van der Waals surface area contributed by atoms with Crippen LogP contribution >= 0.6 is 0 Å². The monoisotopic (exact) mass is 417 g/mol. The molecule has 1 fully saturated rings. The first kappa shape index (κ1) is 21.9. The van der Waals surface area contributed by atoms with Crippen LogP contribution in [0.2, 0.25) is 0 Å². The highest BCUT2D eigenvalue weighted by Crippen LogP contribution is 2.17. The highest BCUT2D eigenvalue weighted by atomic mass is 19.2. The number of halogens is 2. The van der Waals surface area contributed by atoms with E-state index in [1.165, 1.54) is 11.0 Å². The number of aliphatic hydroxyl groups is 1. The summed E-state index contributed by atoms with van der Waals surface area (Å²) in [7, 11) is 0. The van der Waals surface area contributed by atoms with Gasteiger partial charge in [0.15, 0.2) is 11.6 Å². The van der Waals surface area contributed by atoms with Gasteiger partial charge in [-0.1, -0.05) is 36.4 Å². The number of aliphatic hydroxyl groups excluding tert-OH is 1. The number of piperazine rings is 1. The van der Waals surface area contributed by atoms with Gasteiger partial charge >= 0.3 is 0 Å². The quantitative estimate of drug-likeness (QED) is 0.686. The maximum absolute atomic E-state index is 13.6. The predicted molar refractivity (Wildman–Crippen MR) is 107 cm³/mol. The van der Waals surface area contributed by atoms with E-state index >= 15 is 0 Å². The summed E-state index contributed by atoms with van der Waals surface area (Å²) in [5.74, 6) is -2.41. The van der Waals surface area contributed by atoms with E-state index in [4.69, 9.17) is 0 Å². The molecule has 0 saturated carbocycles. The maximum atomic E-state index is 13.6. The van der Waals surface area contributed by atoms with Crippen molar-refractivity contribution < 1.29 is 23.5 Å². The third kappa shape index (κ3) is 5.61. The van der Waals surface area contributed by atoms with Crippen LogP contribution in [0.25, 0.3) is 0 Å². The lowest BCUT2D eigenvalue weighted by atomic mass is 10.1. The average molecular weight is 417 g/mol. The summed E-state index contributed by atoms with van der Waals surface area (Å²) in [6.45, 7) is 1.43. The Morgan fingerprint density at radius 1 is 1.13 bits per heavy atom. The van der Waals surface area contributed by atoms with Crippen molar-refractivity contribution in [1.82, 2.24) is 15.1 Å². The first-order valence-electron chi connectivity index (χ1n) is 9.86. The maximum Gasteiger partial charge on any atom is 0.237 e. The topological polar surface area (TPSA) is 72.9 Å². The summed E-state index contributed by atoms with van der Waals surface area (Å²) in [5.41, 5.74) is 1.45. The van der Waals surface area contributed by atoms with Crippen LogP contribution in [0.1, 0.15) is 17.5 Å². The second-order valence-corrected chi connectivity index (χ2v) is 7.25. The third-order valence-corrected chi connectivity index (χ3v) is 5.12. The van der Waals surface area contributed by atoms with E-state index in [9.17, 15) is 23.5 Å².